The number of rotatable bonds is 9. The number of aromatic nitrogens is 1. The van der Waals surface area contributed by atoms with Crippen LogP contribution in [0.1, 0.15) is 25.1 Å². The van der Waals surface area contributed by atoms with Gasteiger partial charge in [0.1, 0.15) is 5.82 Å². The summed E-state index contributed by atoms with van der Waals surface area (Å²) in [5.41, 5.74) is 0.896. The zero-order chi connectivity index (χ0) is 15.8. The van der Waals surface area contributed by atoms with Gasteiger partial charge in [0, 0.05) is 6.54 Å². The Hall–Kier alpha value is -1.04. The Kier molecular flexibility index (Phi) is 7.78. The molecule has 1 rings (SSSR count). The molecule has 0 aromatic carbocycles. The molecule has 2 atom stereocenters. The molecule has 0 saturated heterocycles. The largest absolute Gasteiger partial charge is 0.311 e. The van der Waals surface area contributed by atoms with Gasteiger partial charge in [0.2, 0.25) is 0 Å². The van der Waals surface area contributed by atoms with E-state index < -0.39 is 0 Å². The van der Waals surface area contributed by atoms with Crippen LogP contribution < -0.4 is 5.32 Å². The summed E-state index contributed by atoms with van der Waals surface area (Å²) in [5, 5.41) is 3.30. The molecule has 1 aromatic rings. The van der Waals surface area contributed by atoms with Crippen molar-refractivity contribution in [3.63, 3.8) is 0 Å². The quantitative estimate of drug-likeness (QED) is 0.755. The molecule has 0 fully saturated rings. The second-order valence-corrected chi connectivity index (χ2v) is 6.06. The summed E-state index contributed by atoms with van der Waals surface area (Å²) in [7, 11) is 8.27. The van der Waals surface area contributed by atoms with E-state index in [1.54, 1.807) is 6.07 Å². The third kappa shape index (κ3) is 6.50. The van der Waals surface area contributed by atoms with E-state index in [2.05, 4.69) is 48.2 Å². The van der Waals surface area contributed by atoms with E-state index in [-0.39, 0.29) is 11.9 Å². The van der Waals surface area contributed by atoms with Gasteiger partial charge in [0.25, 0.3) is 0 Å². The third-order valence-corrected chi connectivity index (χ3v) is 3.69. The van der Waals surface area contributed by atoms with Crippen molar-refractivity contribution in [1.29, 1.82) is 0 Å². The molecule has 5 heteroatoms. The first-order valence-electron chi connectivity index (χ1n) is 7.56. The lowest BCUT2D eigenvalue weighted by molar-refractivity contribution is 0.238. The maximum atomic E-state index is 13.0. The molecule has 0 aliphatic rings. The molecule has 0 aliphatic carbocycles. The molecular formula is C16H29FN4. The van der Waals surface area contributed by atoms with Crippen molar-refractivity contribution in [1.82, 2.24) is 20.1 Å². The minimum Gasteiger partial charge on any atom is -0.311 e. The Bertz CT molecular complexity index is 394. The van der Waals surface area contributed by atoms with Crippen molar-refractivity contribution in [3.8, 4) is 0 Å². The number of hydrogen-bond acceptors (Lipinski definition) is 4. The van der Waals surface area contributed by atoms with Gasteiger partial charge < -0.3 is 15.1 Å². The summed E-state index contributed by atoms with van der Waals surface area (Å²) in [6.45, 7) is 5.37. The molecule has 21 heavy (non-hydrogen) atoms. The van der Waals surface area contributed by atoms with Crippen LogP contribution in [0.2, 0.25) is 0 Å². The van der Waals surface area contributed by atoms with E-state index >= 15 is 0 Å². The van der Waals surface area contributed by atoms with Gasteiger partial charge in [-0.05, 0) is 65.8 Å². The van der Waals surface area contributed by atoms with Crippen LogP contribution >= 0.6 is 0 Å². The summed E-state index contributed by atoms with van der Waals surface area (Å²) >= 11 is 0. The van der Waals surface area contributed by atoms with Crippen molar-refractivity contribution in [3.05, 3.63) is 29.8 Å². The van der Waals surface area contributed by atoms with Crippen LogP contribution in [0, 0.1) is 11.7 Å². The molecule has 0 saturated carbocycles. The van der Waals surface area contributed by atoms with Gasteiger partial charge in [0.05, 0.1) is 17.9 Å². The minimum absolute atomic E-state index is 0.141. The van der Waals surface area contributed by atoms with Crippen LogP contribution in [-0.4, -0.2) is 62.6 Å². The smallest absolute Gasteiger partial charge is 0.141 e. The van der Waals surface area contributed by atoms with E-state index in [4.69, 9.17) is 0 Å². The number of pyridine rings is 1. The van der Waals surface area contributed by atoms with Gasteiger partial charge in [-0.15, -0.1) is 0 Å². The highest BCUT2D eigenvalue weighted by atomic mass is 19.1. The first kappa shape index (κ1) is 18.0. The molecular weight excluding hydrogens is 267 g/mol. The zero-order valence-electron chi connectivity index (χ0n) is 13.9. The molecule has 2 unspecified atom stereocenters. The van der Waals surface area contributed by atoms with E-state index in [9.17, 15) is 4.39 Å². The van der Waals surface area contributed by atoms with E-state index in [1.807, 2.05) is 7.05 Å². The van der Waals surface area contributed by atoms with Crippen LogP contribution in [0.4, 0.5) is 4.39 Å². The Morgan fingerprint density at radius 3 is 2.48 bits per heavy atom. The average molecular weight is 296 g/mol. The number of nitrogens with one attached hydrogen (secondary N) is 1. The molecule has 0 bridgehead atoms. The third-order valence-electron chi connectivity index (χ3n) is 3.69. The average Bonchev–Trinajstić information content (AvgIpc) is 2.41. The molecule has 0 aliphatic heterocycles. The Morgan fingerprint density at radius 2 is 1.95 bits per heavy atom. The second kappa shape index (κ2) is 9.07. The normalized spacial score (nSPS) is 14.7. The van der Waals surface area contributed by atoms with E-state index in [1.165, 1.54) is 12.3 Å². The molecule has 1 N–H and O–H groups in total. The highest BCUT2D eigenvalue weighted by Crippen LogP contribution is 2.20. The maximum absolute atomic E-state index is 13.0. The van der Waals surface area contributed by atoms with Crippen LogP contribution in [0.15, 0.2) is 18.3 Å². The predicted molar refractivity (Wildman–Crippen MR) is 85.8 cm³/mol. The molecule has 120 valence electrons. The molecule has 0 radical (unpaired) electrons. The fourth-order valence-corrected chi connectivity index (χ4v) is 2.64. The number of nitrogens with zero attached hydrogens (tertiary/aromatic N) is 3. The molecule has 0 amide bonds. The fourth-order valence-electron chi connectivity index (χ4n) is 2.64. The summed E-state index contributed by atoms with van der Waals surface area (Å²) < 4.78 is 13.0. The molecule has 1 heterocycles. The lowest BCUT2D eigenvalue weighted by Crippen LogP contribution is -2.34. The topological polar surface area (TPSA) is 31.4 Å². The van der Waals surface area contributed by atoms with E-state index in [0.29, 0.717) is 5.92 Å². The maximum Gasteiger partial charge on any atom is 0.141 e. The first-order valence-corrected chi connectivity index (χ1v) is 7.56. The van der Waals surface area contributed by atoms with Gasteiger partial charge in [-0.3, -0.25) is 4.98 Å². The first-order chi connectivity index (χ1) is 9.93. The van der Waals surface area contributed by atoms with Gasteiger partial charge >= 0.3 is 0 Å². The second-order valence-electron chi connectivity index (χ2n) is 6.06. The SMILES string of the molecule is CNC(c1ccc(F)cn1)C(C)CN(C)CCCN(C)C. The Balaban J connectivity index is 2.50. The van der Waals surface area contributed by atoms with Crippen LogP contribution in [0.25, 0.3) is 0 Å². The lowest BCUT2D eigenvalue weighted by Gasteiger charge is -2.28. The lowest BCUT2D eigenvalue weighted by atomic mass is 9.98. The van der Waals surface area contributed by atoms with Crippen LogP contribution in [-0.2, 0) is 0 Å². The van der Waals surface area contributed by atoms with Gasteiger partial charge in [-0.1, -0.05) is 6.92 Å². The highest BCUT2D eigenvalue weighted by molar-refractivity contribution is 5.10. The van der Waals surface area contributed by atoms with E-state index in [0.717, 1.165) is 31.7 Å². The van der Waals surface area contributed by atoms with Crippen molar-refractivity contribution in [2.45, 2.75) is 19.4 Å². The number of halogens is 1. The zero-order valence-corrected chi connectivity index (χ0v) is 13.9. The van der Waals surface area contributed by atoms with Crippen molar-refractivity contribution in [2.24, 2.45) is 5.92 Å². The number of hydrogen-bond donors (Lipinski definition) is 1. The fraction of sp³-hybridized carbons (Fsp3) is 0.688. The van der Waals surface area contributed by atoms with Crippen molar-refractivity contribution in [2.75, 3.05) is 47.8 Å². The molecule has 4 nitrogen and oxygen atoms in total. The molecule has 0 spiro atoms. The highest BCUT2D eigenvalue weighted by Gasteiger charge is 2.20. The Labute approximate surface area is 128 Å². The van der Waals surface area contributed by atoms with Gasteiger partial charge in [-0.2, -0.15) is 0 Å². The summed E-state index contributed by atoms with van der Waals surface area (Å²) in [6.07, 6.45) is 2.45. The van der Waals surface area contributed by atoms with Crippen LogP contribution in [0.3, 0.4) is 0 Å². The van der Waals surface area contributed by atoms with Crippen LogP contribution in [0.5, 0.6) is 0 Å². The summed E-state index contributed by atoms with van der Waals surface area (Å²) in [4.78, 5) is 8.75. The monoisotopic (exact) mass is 296 g/mol. The Morgan fingerprint density at radius 1 is 1.24 bits per heavy atom. The summed E-state index contributed by atoms with van der Waals surface area (Å²) in [6, 6.07) is 3.38. The van der Waals surface area contributed by atoms with Crippen molar-refractivity contribution < 1.29 is 4.39 Å². The minimum atomic E-state index is -0.290. The standard InChI is InChI=1S/C16H29FN4/c1-13(12-21(5)10-6-9-20(3)4)16(18-2)15-8-7-14(17)11-19-15/h7-8,11,13,16,18H,6,9-10,12H2,1-5H3. The molecule has 1 aromatic heterocycles. The van der Waals surface area contributed by atoms with Gasteiger partial charge in [-0.25, -0.2) is 4.39 Å². The summed E-state index contributed by atoms with van der Waals surface area (Å²) in [5.74, 6) is 0.111. The van der Waals surface area contributed by atoms with Crippen molar-refractivity contribution >= 4 is 0 Å². The van der Waals surface area contributed by atoms with Gasteiger partial charge in [0.15, 0.2) is 0 Å². The predicted octanol–water partition coefficient (Wildman–Crippen LogP) is 2.00.